The molecule has 2 saturated heterocycles. The van der Waals surface area contributed by atoms with Gasteiger partial charge in [-0.05, 0) is 54.4 Å². The first kappa shape index (κ1) is 27.9. The second-order valence-corrected chi connectivity index (χ2v) is 9.87. The summed E-state index contributed by atoms with van der Waals surface area (Å²) in [5, 5.41) is 6.74. The number of hydrogen-bond donors (Lipinski definition) is 1. The van der Waals surface area contributed by atoms with Crippen molar-refractivity contribution < 1.29 is 9.59 Å². The summed E-state index contributed by atoms with van der Waals surface area (Å²) >= 11 is 0. The van der Waals surface area contributed by atoms with Crippen LogP contribution in [0.2, 0.25) is 0 Å². The Morgan fingerprint density at radius 1 is 1.00 bits per heavy atom. The van der Waals surface area contributed by atoms with E-state index in [1.54, 1.807) is 17.1 Å². The minimum Gasteiger partial charge on any atom is -0.358 e. The molecule has 0 aromatic heterocycles. The van der Waals surface area contributed by atoms with Crippen molar-refractivity contribution in [3.05, 3.63) is 96.3 Å². The fourth-order valence-electron chi connectivity index (χ4n) is 4.75. The maximum atomic E-state index is 12.5. The summed E-state index contributed by atoms with van der Waals surface area (Å²) in [5.74, 6) is 0.299. The fraction of sp³-hybridized carbons (Fsp3) is 0.387. The summed E-state index contributed by atoms with van der Waals surface area (Å²) in [7, 11) is 0. The molecule has 37 heavy (non-hydrogen) atoms. The highest BCUT2D eigenvalue weighted by Gasteiger charge is 2.33. The highest BCUT2D eigenvalue weighted by Crippen LogP contribution is 2.39. The summed E-state index contributed by atoms with van der Waals surface area (Å²) in [6.45, 7) is 6.44. The van der Waals surface area contributed by atoms with Crippen LogP contribution < -0.4 is 0 Å². The van der Waals surface area contributed by atoms with Gasteiger partial charge in [0.2, 0.25) is 12.3 Å². The summed E-state index contributed by atoms with van der Waals surface area (Å²) in [4.78, 5) is 28.7. The number of carbonyl (C=O) groups is 2. The highest BCUT2D eigenvalue weighted by atomic mass is 16.2. The number of nitrogens with zero attached hydrogens (tertiary/aromatic N) is 3. The summed E-state index contributed by atoms with van der Waals surface area (Å²) in [6.07, 6.45) is 24.9. The number of piperidine rings is 1. The van der Waals surface area contributed by atoms with Crippen molar-refractivity contribution in [2.24, 2.45) is 5.41 Å². The first-order chi connectivity index (χ1) is 18.0. The molecule has 2 amide bonds. The van der Waals surface area contributed by atoms with Crippen LogP contribution in [0, 0.1) is 10.8 Å². The lowest BCUT2D eigenvalue weighted by Crippen LogP contribution is -2.42. The number of hydrogen-bond acceptors (Lipinski definition) is 4. The molecule has 6 nitrogen and oxygen atoms in total. The molecule has 1 aromatic rings. The third-order valence-corrected chi connectivity index (χ3v) is 7.19. The molecule has 0 saturated carbocycles. The largest absolute Gasteiger partial charge is 0.358 e. The molecule has 0 radical (unpaired) electrons. The van der Waals surface area contributed by atoms with Crippen LogP contribution in [-0.2, 0) is 16.0 Å². The molecular weight excluding hydrogens is 460 g/mol. The zero-order chi connectivity index (χ0) is 26.3. The Kier molecular flexibility index (Phi) is 11.2. The van der Waals surface area contributed by atoms with E-state index in [4.69, 9.17) is 5.41 Å². The molecule has 0 bridgehead atoms. The Morgan fingerprint density at radius 2 is 1.76 bits per heavy atom. The second-order valence-electron chi connectivity index (χ2n) is 9.87. The maximum absolute atomic E-state index is 12.5. The van der Waals surface area contributed by atoms with Crippen LogP contribution in [0.15, 0.2) is 90.7 Å². The van der Waals surface area contributed by atoms with Gasteiger partial charge in [0.1, 0.15) is 0 Å². The maximum Gasteiger partial charge on any atom is 0.222 e. The standard InChI is InChI=1S/C22H27NO.C9H13N3O/c1-22(20-11-7-2-3-8-12-20)15-17-23(18-16-22)21(24)14-13-19-9-5-4-6-10-19;10-4-2-1-3-5-11-6-7-12(8-11)9-13/h2-7,9-12H,8,13-18H2,1H3;1-5,9-10H,6-8H2/b;2-1-,5-3+,10-4?. The van der Waals surface area contributed by atoms with Gasteiger partial charge in [0.25, 0.3) is 0 Å². The van der Waals surface area contributed by atoms with Crippen molar-refractivity contribution in [3.8, 4) is 0 Å². The molecule has 0 atom stereocenters. The van der Waals surface area contributed by atoms with Crippen molar-refractivity contribution in [1.29, 1.82) is 5.41 Å². The van der Waals surface area contributed by atoms with E-state index in [0.717, 1.165) is 58.3 Å². The van der Waals surface area contributed by atoms with Gasteiger partial charge in [-0.1, -0.05) is 73.7 Å². The fourth-order valence-corrected chi connectivity index (χ4v) is 4.75. The molecule has 3 aliphatic rings. The van der Waals surface area contributed by atoms with E-state index in [2.05, 4.69) is 54.3 Å². The number of carbonyl (C=O) groups excluding carboxylic acids is 2. The number of benzene rings is 1. The monoisotopic (exact) mass is 500 g/mol. The molecular formula is C31H40N4O2. The van der Waals surface area contributed by atoms with E-state index >= 15 is 0 Å². The molecule has 1 aromatic carbocycles. The van der Waals surface area contributed by atoms with Gasteiger partial charge in [-0.25, -0.2) is 0 Å². The van der Waals surface area contributed by atoms with E-state index in [1.165, 1.54) is 17.4 Å². The third-order valence-electron chi connectivity index (χ3n) is 7.19. The van der Waals surface area contributed by atoms with Gasteiger partial charge in [-0.2, -0.15) is 0 Å². The first-order valence-electron chi connectivity index (χ1n) is 13.2. The van der Waals surface area contributed by atoms with Crippen LogP contribution in [-0.4, -0.2) is 66.1 Å². The molecule has 1 N–H and O–H groups in total. The summed E-state index contributed by atoms with van der Waals surface area (Å²) < 4.78 is 0. The number of likely N-dealkylation sites (tertiary alicyclic amines) is 1. The zero-order valence-corrected chi connectivity index (χ0v) is 22.0. The average molecular weight is 501 g/mol. The number of rotatable bonds is 8. The Morgan fingerprint density at radius 3 is 2.46 bits per heavy atom. The quantitative estimate of drug-likeness (QED) is 0.306. The zero-order valence-electron chi connectivity index (χ0n) is 22.0. The topological polar surface area (TPSA) is 67.7 Å². The third kappa shape index (κ3) is 9.05. The predicted molar refractivity (Wildman–Crippen MR) is 151 cm³/mol. The van der Waals surface area contributed by atoms with Crippen molar-refractivity contribution >= 4 is 18.5 Å². The molecule has 196 valence electrons. The Bertz CT molecular complexity index is 1030. The van der Waals surface area contributed by atoms with Crippen LogP contribution in [0.4, 0.5) is 0 Å². The smallest absolute Gasteiger partial charge is 0.222 e. The summed E-state index contributed by atoms with van der Waals surface area (Å²) in [6, 6.07) is 10.3. The average Bonchev–Trinajstić information content (AvgIpc) is 3.21. The highest BCUT2D eigenvalue weighted by molar-refractivity contribution is 5.76. The lowest BCUT2D eigenvalue weighted by Gasteiger charge is -2.40. The van der Waals surface area contributed by atoms with Crippen LogP contribution in [0.3, 0.4) is 0 Å². The number of nitrogens with one attached hydrogen (secondary N) is 1. The SMILES string of the molecule is CC1(C2=CCC=CC=C2)CCN(C(=O)CCc2ccccc2)CC1.N=C/C=C\C=C\N1CCN(C=O)C1. The van der Waals surface area contributed by atoms with Gasteiger partial charge in [0.05, 0.1) is 6.67 Å². The van der Waals surface area contributed by atoms with Gasteiger partial charge in [0.15, 0.2) is 0 Å². The van der Waals surface area contributed by atoms with Crippen LogP contribution >= 0.6 is 0 Å². The lowest BCUT2D eigenvalue weighted by atomic mass is 9.73. The van der Waals surface area contributed by atoms with E-state index in [1.807, 2.05) is 35.4 Å². The van der Waals surface area contributed by atoms with Crippen molar-refractivity contribution in [1.82, 2.24) is 14.7 Å². The molecule has 2 heterocycles. The van der Waals surface area contributed by atoms with Crippen LogP contribution in [0.5, 0.6) is 0 Å². The second kappa shape index (κ2) is 14.8. The first-order valence-corrected chi connectivity index (χ1v) is 13.2. The molecule has 0 unspecified atom stereocenters. The molecule has 2 aliphatic heterocycles. The van der Waals surface area contributed by atoms with E-state index < -0.39 is 0 Å². The van der Waals surface area contributed by atoms with Crippen LogP contribution in [0.1, 0.15) is 38.2 Å². The minimum atomic E-state index is 0.207. The minimum absolute atomic E-state index is 0.207. The van der Waals surface area contributed by atoms with Gasteiger partial charge in [0, 0.05) is 45.0 Å². The molecule has 6 heteroatoms. The van der Waals surface area contributed by atoms with Crippen molar-refractivity contribution in [3.63, 3.8) is 0 Å². The Hall–Kier alpha value is -3.67. The molecule has 4 rings (SSSR count). The number of allylic oxidation sites excluding steroid dienone is 9. The predicted octanol–water partition coefficient (Wildman–Crippen LogP) is 5.13. The van der Waals surface area contributed by atoms with Gasteiger partial charge >= 0.3 is 0 Å². The summed E-state index contributed by atoms with van der Waals surface area (Å²) in [5.41, 5.74) is 2.89. The van der Waals surface area contributed by atoms with Crippen LogP contribution in [0.25, 0.3) is 0 Å². The number of amides is 2. The van der Waals surface area contributed by atoms with E-state index in [-0.39, 0.29) is 5.41 Å². The number of aryl methyl sites for hydroxylation is 1. The lowest BCUT2D eigenvalue weighted by molar-refractivity contribution is -0.133. The Balaban J connectivity index is 0.000000248. The van der Waals surface area contributed by atoms with Gasteiger partial charge < -0.3 is 20.1 Å². The van der Waals surface area contributed by atoms with Crippen molar-refractivity contribution in [2.45, 2.75) is 39.0 Å². The van der Waals surface area contributed by atoms with Gasteiger partial charge in [-0.15, -0.1) is 0 Å². The molecule has 0 spiro atoms. The Labute approximate surface area is 221 Å². The molecule has 2 fully saturated rings. The van der Waals surface area contributed by atoms with Crippen molar-refractivity contribution in [2.75, 3.05) is 32.8 Å². The molecule has 1 aliphatic carbocycles. The van der Waals surface area contributed by atoms with E-state index in [0.29, 0.717) is 19.0 Å². The van der Waals surface area contributed by atoms with E-state index in [9.17, 15) is 9.59 Å². The van der Waals surface area contributed by atoms with Gasteiger partial charge in [-0.3, -0.25) is 9.59 Å². The normalized spacial score (nSPS) is 18.9.